The van der Waals surface area contributed by atoms with Gasteiger partial charge in [-0.2, -0.15) is 0 Å². The van der Waals surface area contributed by atoms with E-state index in [1.54, 1.807) is 0 Å². The lowest BCUT2D eigenvalue weighted by atomic mass is 9.68. The van der Waals surface area contributed by atoms with Crippen molar-refractivity contribution in [2.75, 3.05) is 0 Å². The molecule has 2 fully saturated rings. The molecule has 0 spiro atoms. The summed E-state index contributed by atoms with van der Waals surface area (Å²) in [5.41, 5.74) is 0. The summed E-state index contributed by atoms with van der Waals surface area (Å²) in [6.45, 7) is 3.57. The predicted molar refractivity (Wildman–Crippen MR) is 58.0 cm³/mol. The molecule has 1 nitrogen and oxygen atoms in total. The molecule has 0 saturated heterocycles. The number of carbonyl (C=O) groups excluding carboxylic acids is 1. The summed E-state index contributed by atoms with van der Waals surface area (Å²) in [5, 5.41) is 0. The van der Waals surface area contributed by atoms with Gasteiger partial charge < -0.3 is 0 Å². The van der Waals surface area contributed by atoms with E-state index in [4.69, 9.17) is 0 Å². The molecule has 78 valence electrons. The summed E-state index contributed by atoms with van der Waals surface area (Å²) < 4.78 is 0. The molecule has 0 aromatic rings. The Bertz CT molecular complexity index is 219. The van der Waals surface area contributed by atoms with Crippen LogP contribution in [0.2, 0.25) is 0 Å². The zero-order valence-electron chi connectivity index (χ0n) is 8.87. The van der Waals surface area contributed by atoms with Gasteiger partial charge in [-0.25, -0.2) is 0 Å². The van der Waals surface area contributed by atoms with Gasteiger partial charge in [0, 0.05) is 5.92 Å². The topological polar surface area (TPSA) is 17.1 Å². The lowest BCUT2D eigenvalue weighted by Crippen LogP contribution is -2.28. The summed E-state index contributed by atoms with van der Waals surface area (Å²) in [4.78, 5) is 11.4. The highest BCUT2D eigenvalue weighted by molar-refractivity contribution is 5.91. The average Bonchev–Trinajstić information content (AvgIpc) is 2.15. The van der Waals surface area contributed by atoms with Gasteiger partial charge in [-0.1, -0.05) is 25.8 Å². The van der Waals surface area contributed by atoms with E-state index in [0.29, 0.717) is 5.92 Å². The second-order valence-corrected chi connectivity index (χ2v) is 4.91. The molecule has 2 saturated carbocycles. The van der Waals surface area contributed by atoms with Crippen LogP contribution in [0.25, 0.3) is 0 Å². The highest BCUT2D eigenvalue weighted by Gasteiger charge is 2.32. The Morgan fingerprint density at radius 3 is 2.00 bits per heavy atom. The third kappa shape index (κ3) is 1.92. The zero-order valence-corrected chi connectivity index (χ0v) is 8.87. The minimum absolute atomic E-state index is 0.275. The van der Waals surface area contributed by atoms with Gasteiger partial charge >= 0.3 is 0 Å². The Morgan fingerprint density at radius 2 is 1.57 bits per heavy atom. The molecule has 2 aliphatic rings. The molecule has 0 amide bonds. The lowest BCUT2D eigenvalue weighted by Gasteiger charge is -2.37. The molecule has 0 radical (unpaired) electrons. The molecule has 2 aliphatic carbocycles. The van der Waals surface area contributed by atoms with Crippen molar-refractivity contribution in [3.05, 3.63) is 12.7 Å². The maximum absolute atomic E-state index is 11.4. The van der Waals surface area contributed by atoms with Crippen molar-refractivity contribution in [2.45, 2.75) is 44.9 Å². The SMILES string of the molecule is C=CC(=O)C1CCC(C2CCC2)CC1. The zero-order chi connectivity index (χ0) is 9.97. The van der Waals surface area contributed by atoms with E-state index in [1.807, 2.05) is 0 Å². The molecule has 0 unspecified atom stereocenters. The van der Waals surface area contributed by atoms with E-state index < -0.39 is 0 Å². The minimum atomic E-state index is 0.275. The van der Waals surface area contributed by atoms with Crippen LogP contribution in [-0.4, -0.2) is 5.78 Å². The Kier molecular flexibility index (Phi) is 3.05. The first-order chi connectivity index (χ1) is 6.81. The molecule has 2 rings (SSSR count). The molecule has 0 aromatic heterocycles. The Hall–Kier alpha value is -0.590. The third-order valence-electron chi connectivity index (χ3n) is 4.19. The summed E-state index contributed by atoms with van der Waals surface area (Å²) >= 11 is 0. The van der Waals surface area contributed by atoms with E-state index in [0.717, 1.165) is 24.7 Å². The van der Waals surface area contributed by atoms with Crippen LogP contribution in [0.5, 0.6) is 0 Å². The predicted octanol–water partition coefficient (Wildman–Crippen LogP) is 3.35. The third-order valence-corrected chi connectivity index (χ3v) is 4.19. The fourth-order valence-electron chi connectivity index (χ4n) is 2.95. The second-order valence-electron chi connectivity index (χ2n) is 4.91. The van der Waals surface area contributed by atoms with Crippen LogP contribution in [-0.2, 0) is 4.79 Å². The molecule has 0 N–H and O–H groups in total. The quantitative estimate of drug-likeness (QED) is 0.627. The van der Waals surface area contributed by atoms with Crippen LogP contribution in [0.1, 0.15) is 44.9 Å². The van der Waals surface area contributed by atoms with E-state index in [-0.39, 0.29) is 5.78 Å². The molecule has 1 heteroatoms. The van der Waals surface area contributed by atoms with Gasteiger partial charge in [-0.3, -0.25) is 4.79 Å². The first-order valence-electron chi connectivity index (χ1n) is 5.97. The van der Waals surface area contributed by atoms with Gasteiger partial charge in [0.25, 0.3) is 0 Å². The summed E-state index contributed by atoms with van der Waals surface area (Å²) in [7, 11) is 0. The normalized spacial score (nSPS) is 33.4. The number of hydrogen-bond donors (Lipinski definition) is 0. The first kappa shape index (κ1) is 9.95. The molecule has 0 aliphatic heterocycles. The molecular formula is C13H20O. The maximum Gasteiger partial charge on any atom is 0.158 e. The van der Waals surface area contributed by atoms with Crippen LogP contribution >= 0.6 is 0 Å². The number of hydrogen-bond acceptors (Lipinski definition) is 1. The first-order valence-corrected chi connectivity index (χ1v) is 5.97. The Balaban J connectivity index is 1.79. The summed E-state index contributed by atoms with van der Waals surface area (Å²) in [5.74, 6) is 2.54. The standard InChI is InChI=1S/C13H20O/c1-2-13(14)12-8-6-11(7-9-12)10-4-3-5-10/h2,10-12H,1,3-9H2. The molecule has 0 bridgehead atoms. The van der Waals surface area contributed by atoms with Gasteiger partial charge in [-0.05, 0) is 43.6 Å². The van der Waals surface area contributed by atoms with Crippen LogP contribution in [0.3, 0.4) is 0 Å². The van der Waals surface area contributed by atoms with Crippen molar-refractivity contribution >= 4 is 5.78 Å². The van der Waals surface area contributed by atoms with Gasteiger partial charge in [0.05, 0.1) is 0 Å². The fraction of sp³-hybridized carbons (Fsp3) is 0.769. The fourth-order valence-corrected chi connectivity index (χ4v) is 2.95. The van der Waals surface area contributed by atoms with Gasteiger partial charge in [0.1, 0.15) is 0 Å². The monoisotopic (exact) mass is 192 g/mol. The van der Waals surface area contributed by atoms with Crippen molar-refractivity contribution in [1.82, 2.24) is 0 Å². The lowest BCUT2D eigenvalue weighted by molar-refractivity contribution is -0.119. The van der Waals surface area contributed by atoms with Crippen molar-refractivity contribution in [3.8, 4) is 0 Å². The number of allylic oxidation sites excluding steroid dienone is 1. The summed E-state index contributed by atoms with van der Waals surface area (Å²) in [6, 6.07) is 0. The molecule has 0 atom stereocenters. The molecule has 14 heavy (non-hydrogen) atoms. The highest BCUT2D eigenvalue weighted by atomic mass is 16.1. The van der Waals surface area contributed by atoms with Gasteiger partial charge in [0.2, 0.25) is 0 Å². The Labute approximate surface area is 86.6 Å². The van der Waals surface area contributed by atoms with E-state index >= 15 is 0 Å². The average molecular weight is 192 g/mol. The van der Waals surface area contributed by atoms with Crippen molar-refractivity contribution < 1.29 is 4.79 Å². The van der Waals surface area contributed by atoms with Crippen molar-refractivity contribution in [2.24, 2.45) is 17.8 Å². The van der Waals surface area contributed by atoms with Crippen LogP contribution in [0, 0.1) is 17.8 Å². The van der Waals surface area contributed by atoms with E-state index in [9.17, 15) is 4.79 Å². The van der Waals surface area contributed by atoms with Gasteiger partial charge in [0.15, 0.2) is 5.78 Å². The van der Waals surface area contributed by atoms with Crippen LogP contribution in [0.4, 0.5) is 0 Å². The van der Waals surface area contributed by atoms with E-state index in [2.05, 4.69) is 6.58 Å². The smallest absolute Gasteiger partial charge is 0.158 e. The maximum atomic E-state index is 11.4. The molecule has 0 aromatic carbocycles. The minimum Gasteiger partial charge on any atom is -0.295 e. The number of carbonyl (C=O) groups is 1. The van der Waals surface area contributed by atoms with E-state index in [1.165, 1.54) is 38.2 Å². The number of ketones is 1. The Morgan fingerprint density at radius 1 is 1.00 bits per heavy atom. The number of rotatable bonds is 3. The highest BCUT2D eigenvalue weighted by Crippen LogP contribution is 2.42. The second kappa shape index (κ2) is 4.29. The molecule has 0 heterocycles. The van der Waals surface area contributed by atoms with Crippen molar-refractivity contribution in [1.29, 1.82) is 0 Å². The summed E-state index contributed by atoms with van der Waals surface area (Å²) in [6.07, 6.45) is 10.7. The van der Waals surface area contributed by atoms with Crippen molar-refractivity contribution in [3.63, 3.8) is 0 Å². The van der Waals surface area contributed by atoms with Crippen LogP contribution in [0.15, 0.2) is 12.7 Å². The molecular weight excluding hydrogens is 172 g/mol. The largest absolute Gasteiger partial charge is 0.295 e. The van der Waals surface area contributed by atoms with Gasteiger partial charge in [-0.15, -0.1) is 0 Å². The van der Waals surface area contributed by atoms with Crippen LogP contribution < -0.4 is 0 Å².